The fourth-order valence-electron chi connectivity index (χ4n) is 6.39. The van der Waals surface area contributed by atoms with Crippen molar-refractivity contribution in [3.05, 3.63) is 100 Å². The van der Waals surface area contributed by atoms with Crippen molar-refractivity contribution in [2.45, 2.75) is 30.3 Å². The number of rotatable bonds is 3. The lowest BCUT2D eigenvalue weighted by Crippen LogP contribution is -2.52. The number of nitrogens with one attached hydrogen (secondary N) is 1. The van der Waals surface area contributed by atoms with E-state index in [2.05, 4.69) is 38.3 Å². The number of Topliss-reactive ketones (excluding diaryl/α,β-unsaturated/α-hetero) is 1. The van der Waals surface area contributed by atoms with Gasteiger partial charge in [0.05, 0.1) is 5.92 Å². The van der Waals surface area contributed by atoms with Crippen LogP contribution >= 0.6 is 15.9 Å². The molecule has 0 aliphatic carbocycles. The third-order valence-electron chi connectivity index (χ3n) is 7.48. The average Bonchev–Trinajstić information content (AvgIpc) is 3.47. The van der Waals surface area contributed by atoms with Gasteiger partial charge >= 0.3 is 0 Å². The lowest BCUT2D eigenvalue weighted by molar-refractivity contribution is -0.127. The molecule has 3 aromatic rings. The molecule has 5 heteroatoms. The first-order valence-corrected chi connectivity index (χ1v) is 11.9. The highest BCUT2D eigenvalue weighted by atomic mass is 79.9. The molecular weight excluding hydrogens is 464 g/mol. The quantitative estimate of drug-likeness (QED) is 0.507. The van der Waals surface area contributed by atoms with Crippen molar-refractivity contribution in [3.63, 3.8) is 0 Å². The Kier molecular flexibility index (Phi) is 4.60. The second-order valence-corrected chi connectivity index (χ2v) is 9.87. The molecule has 160 valence electrons. The van der Waals surface area contributed by atoms with E-state index in [1.807, 2.05) is 66.7 Å². The molecular formula is C27H23BrN2O2. The minimum absolute atomic E-state index is 0.0291. The molecule has 3 heterocycles. The number of carbonyl (C=O) groups excluding carboxylic acids is 2. The fraction of sp³-hybridized carbons (Fsp3) is 0.259. The van der Waals surface area contributed by atoms with E-state index in [0.717, 1.165) is 40.7 Å². The molecule has 3 aliphatic rings. The maximum absolute atomic E-state index is 14.3. The van der Waals surface area contributed by atoms with Crippen LogP contribution in [0.4, 0.5) is 5.69 Å². The lowest BCUT2D eigenvalue weighted by Gasteiger charge is -2.36. The maximum Gasteiger partial charge on any atom is 0.250 e. The number of para-hydroxylation sites is 1. The first kappa shape index (κ1) is 19.9. The zero-order valence-electron chi connectivity index (χ0n) is 17.5. The van der Waals surface area contributed by atoms with Gasteiger partial charge in [0.15, 0.2) is 5.78 Å². The average molecular weight is 487 g/mol. The van der Waals surface area contributed by atoms with Crippen molar-refractivity contribution in [2.24, 2.45) is 5.92 Å². The number of amides is 1. The molecule has 0 saturated carbocycles. The van der Waals surface area contributed by atoms with Crippen LogP contribution in [0.1, 0.15) is 40.2 Å². The van der Waals surface area contributed by atoms with Crippen LogP contribution in [0.5, 0.6) is 0 Å². The lowest BCUT2D eigenvalue weighted by atomic mass is 9.69. The Hall–Kier alpha value is -2.76. The largest absolute Gasteiger partial charge is 0.324 e. The van der Waals surface area contributed by atoms with Crippen molar-refractivity contribution in [2.75, 3.05) is 11.9 Å². The number of benzene rings is 3. The molecule has 0 radical (unpaired) electrons. The van der Waals surface area contributed by atoms with E-state index in [4.69, 9.17) is 0 Å². The second kappa shape index (κ2) is 7.39. The van der Waals surface area contributed by atoms with Gasteiger partial charge in [-0.25, -0.2) is 0 Å². The molecule has 2 saturated heterocycles. The van der Waals surface area contributed by atoms with Crippen LogP contribution in [-0.4, -0.2) is 29.2 Å². The molecule has 4 atom stereocenters. The number of ketones is 1. The number of hydrogen-bond donors (Lipinski definition) is 1. The number of hydrogen-bond acceptors (Lipinski definition) is 3. The molecule has 6 rings (SSSR count). The van der Waals surface area contributed by atoms with Crippen molar-refractivity contribution in [3.8, 4) is 0 Å². The highest BCUT2D eigenvalue weighted by Gasteiger charge is 2.69. The van der Waals surface area contributed by atoms with Crippen molar-refractivity contribution in [1.29, 1.82) is 0 Å². The molecule has 2 fully saturated rings. The minimum Gasteiger partial charge on any atom is -0.324 e. The molecule has 4 nitrogen and oxygen atoms in total. The van der Waals surface area contributed by atoms with Gasteiger partial charge in [-0.2, -0.15) is 0 Å². The van der Waals surface area contributed by atoms with Gasteiger partial charge in [0.1, 0.15) is 5.54 Å². The third-order valence-corrected chi connectivity index (χ3v) is 7.98. The Morgan fingerprint density at radius 3 is 2.59 bits per heavy atom. The molecule has 1 spiro atoms. The van der Waals surface area contributed by atoms with Crippen molar-refractivity contribution in [1.82, 2.24) is 4.90 Å². The maximum atomic E-state index is 14.3. The van der Waals surface area contributed by atoms with Gasteiger partial charge < -0.3 is 5.32 Å². The first-order chi connectivity index (χ1) is 15.6. The Balaban J connectivity index is 1.62. The van der Waals surface area contributed by atoms with E-state index in [-0.39, 0.29) is 23.7 Å². The van der Waals surface area contributed by atoms with Crippen LogP contribution in [0.2, 0.25) is 0 Å². The van der Waals surface area contributed by atoms with Gasteiger partial charge in [0.25, 0.3) is 0 Å². The predicted octanol–water partition coefficient (Wildman–Crippen LogP) is 5.36. The third kappa shape index (κ3) is 2.64. The smallest absolute Gasteiger partial charge is 0.250 e. The monoisotopic (exact) mass is 486 g/mol. The Bertz CT molecular complexity index is 1230. The highest BCUT2D eigenvalue weighted by Crippen LogP contribution is 2.61. The summed E-state index contributed by atoms with van der Waals surface area (Å²) >= 11 is 3.52. The molecule has 1 N–H and O–H groups in total. The zero-order chi connectivity index (χ0) is 21.9. The first-order valence-electron chi connectivity index (χ1n) is 11.1. The van der Waals surface area contributed by atoms with Crippen LogP contribution in [0.15, 0.2) is 83.3 Å². The minimum atomic E-state index is -0.988. The van der Waals surface area contributed by atoms with Gasteiger partial charge in [0, 0.05) is 33.2 Å². The van der Waals surface area contributed by atoms with Gasteiger partial charge in [-0.3, -0.25) is 14.5 Å². The number of carbonyl (C=O) groups is 2. The van der Waals surface area contributed by atoms with Gasteiger partial charge in [0.2, 0.25) is 5.91 Å². The summed E-state index contributed by atoms with van der Waals surface area (Å²) in [6, 6.07) is 25.9. The number of anilines is 1. The normalized spacial score (nSPS) is 28.5. The molecule has 3 aromatic carbocycles. The van der Waals surface area contributed by atoms with Crippen LogP contribution in [0.25, 0.3) is 0 Å². The summed E-state index contributed by atoms with van der Waals surface area (Å²) in [4.78, 5) is 30.5. The van der Waals surface area contributed by atoms with E-state index in [9.17, 15) is 9.59 Å². The van der Waals surface area contributed by atoms with Crippen LogP contribution in [0.3, 0.4) is 0 Å². The Morgan fingerprint density at radius 2 is 1.78 bits per heavy atom. The van der Waals surface area contributed by atoms with E-state index < -0.39 is 11.5 Å². The van der Waals surface area contributed by atoms with Crippen molar-refractivity contribution < 1.29 is 9.59 Å². The Labute approximate surface area is 195 Å². The Morgan fingerprint density at radius 1 is 1.00 bits per heavy atom. The summed E-state index contributed by atoms with van der Waals surface area (Å²) in [6.07, 6.45) is 2.02. The summed E-state index contributed by atoms with van der Waals surface area (Å²) in [5.74, 6) is -0.603. The van der Waals surface area contributed by atoms with Crippen LogP contribution in [0, 0.1) is 5.92 Å². The summed E-state index contributed by atoms with van der Waals surface area (Å²) in [6.45, 7) is 0.817. The number of fused-ring (bicyclic) bond motifs is 4. The van der Waals surface area contributed by atoms with Gasteiger partial charge in [-0.05, 0) is 43.1 Å². The molecule has 32 heavy (non-hydrogen) atoms. The molecule has 0 aromatic heterocycles. The van der Waals surface area contributed by atoms with E-state index in [1.165, 1.54) is 0 Å². The standard InChI is InChI=1S/C27H23BrN2O2/c28-19-11-6-10-18(16-19)25(31)24-23(17-8-2-1-3-9-17)22-14-7-15-30(22)27(24)20-12-4-5-13-21(20)29-26(27)32/h1-6,8-13,16,22-24H,7,14-15H2,(H,29,32). The summed E-state index contributed by atoms with van der Waals surface area (Å²) in [5, 5.41) is 3.12. The summed E-state index contributed by atoms with van der Waals surface area (Å²) in [5.41, 5.74) is 2.54. The molecule has 4 unspecified atom stereocenters. The van der Waals surface area contributed by atoms with Gasteiger partial charge in [-0.15, -0.1) is 0 Å². The van der Waals surface area contributed by atoms with Crippen LogP contribution in [-0.2, 0) is 10.3 Å². The fourth-order valence-corrected chi connectivity index (χ4v) is 6.79. The topological polar surface area (TPSA) is 49.4 Å². The van der Waals surface area contributed by atoms with Crippen molar-refractivity contribution >= 4 is 33.3 Å². The molecule has 1 amide bonds. The predicted molar refractivity (Wildman–Crippen MR) is 128 cm³/mol. The number of nitrogens with zero attached hydrogens (tertiary/aromatic N) is 1. The summed E-state index contributed by atoms with van der Waals surface area (Å²) < 4.78 is 0.864. The molecule has 0 bridgehead atoms. The zero-order valence-corrected chi connectivity index (χ0v) is 19.1. The van der Waals surface area contributed by atoms with E-state index in [0.29, 0.717) is 5.56 Å². The summed E-state index contributed by atoms with van der Waals surface area (Å²) in [7, 11) is 0. The van der Waals surface area contributed by atoms with E-state index >= 15 is 0 Å². The SMILES string of the molecule is O=C(c1cccc(Br)c1)C1C(c2ccccc2)C2CCCN2C12C(=O)Nc1ccccc12. The number of halogens is 1. The molecule has 3 aliphatic heterocycles. The van der Waals surface area contributed by atoms with E-state index in [1.54, 1.807) is 0 Å². The van der Waals surface area contributed by atoms with Crippen LogP contribution < -0.4 is 5.32 Å². The second-order valence-electron chi connectivity index (χ2n) is 8.96. The van der Waals surface area contributed by atoms with Gasteiger partial charge in [-0.1, -0.05) is 76.6 Å². The highest BCUT2D eigenvalue weighted by molar-refractivity contribution is 9.10.